The van der Waals surface area contributed by atoms with Crippen molar-refractivity contribution in [3.63, 3.8) is 0 Å². The van der Waals surface area contributed by atoms with E-state index < -0.39 is 27.6 Å². The van der Waals surface area contributed by atoms with E-state index in [1.807, 2.05) is 6.92 Å². The van der Waals surface area contributed by atoms with E-state index >= 15 is 0 Å². The van der Waals surface area contributed by atoms with Crippen molar-refractivity contribution in [1.29, 1.82) is 0 Å². The minimum atomic E-state index is -3.92. The van der Waals surface area contributed by atoms with Crippen LogP contribution in [0.25, 0.3) is 0 Å². The minimum absolute atomic E-state index is 0.107. The molecule has 0 radical (unpaired) electrons. The molecular weight excluding hydrogens is 428 g/mol. The lowest BCUT2D eigenvalue weighted by Gasteiger charge is -2.31. The quantitative estimate of drug-likeness (QED) is 0.170. The molecule has 0 fully saturated rings. The SMILES string of the molecule is CCCCS(=O)(=O)NC(CCCCNC1=NCCN1)(NC(=O)CC1=NOCC1)C(=O)O. The predicted molar refractivity (Wildman–Crippen MR) is 115 cm³/mol. The topological polar surface area (TPSA) is 171 Å². The third kappa shape index (κ3) is 8.32. The van der Waals surface area contributed by atoms with Gasteiger partial charge in [-0.25, -0.2) is 13.2 Å². The van der Waals surface area contributed by atoms with Gasteiger partial charge in [-0.05, 0) is 25.7 Å². The first-order valence-electron chi connectivity index (χ1n) is 10.5. The van der Waals surface area contributed by atoms with E-state index in [-0.39, 0.29) is 18.6 Å². The van der Waals surface area contributed by atoms with Gasteiger partial charge in [-0.1, -0.05) is 18.5 Å². The first kappa shape index (κ1) is 24.9. The lowest BCUT2D eigenvalue weighted by Crippen LogP contribution is -2.65. The highest BCUT2D eigenvalue weighted by atomic mass is 32.2. The summed E-state index contributed by atoms with van der Waals surface area (Å²) < 4.78 is 27.2. The molecule has 0 spiro atoms. The smallest absolute Gasteiger partial charge is 0.345 e. The second-order valence-electron chi connectivity index (χ2n) is 7.49. The first-order valence-corrected chi connectivity index (χ1v) is 12.2. The van der Waals surface area contributed by atoms with Crippen molar-refractivity contribution >= 4 is 33.6 Å². The maximum Gasteiger partial charge on any atom is 0.345 e. The van der Waals surface area contributed by atoms with Crippen LogP contribution < -0.4 is 20.7 Å². The Kier molecular flexibility index (Phi) is 9.49. The van der Waals surface area contributed by atoms with Gasteiger partial charge in [0.05, 0.1) is 24.4 Å². The second kappa shape index (κ2) is 11.8. The number of carboxylic acids is 1. The molecule has 0 aromatic heterocycles. The monoisotopic (exact) mass is 460 g/mol. The van der Waals surface area contributed by atoms with Crippen LogP contribution in [-0.4, -0.2) is 74.7 Å². The number of carbonyl (C=O) groups excluding carboxylic acids is 1. The summed E-state index contributed by atoms with van der Waals surface area (Å²) in [6.45, 7) is 4.21. The summed E-state index contributed by atoms with van der Waals surface area (Å²) in [5.74, 6) is -1.62. The van der Waals surface area contributed by atoms with Gasteiger partial charge in [-0.2, -0.15) is 4.72 Å². The average molecular weight is 461 g/mol. The molecule has 2 aliphatic heterocycles. The van der Waals surface area contributed by atoms with Crippen LogP contribution in [0.15, 0.2) is 10.1 Å². The summed E-state index contributed by atoms with van der Waals surface area (Å²) >= 11 is 0. The molecule has 0 bridgehead atoms. The molecule has 5 N–H and O–H groups in total. The van der Waals surface area contributed by atoms with Crippen molar-refractivity contribution in [2.75, 3.05) is 32.0 Å². The fourth-order valence-electron chi connectivity index (χ4n) is 3.17. The van der Waals surface area contributed by atoms with Crippen LogP contribution in [-0.2, 0) is 24.4 Å². The molecular formula is C18H32N6O6S. The molecule has 1 amide bonds. The van der Waals surface area contributed by atoms with Gasteiger partial charge in [0.15, 0.2) is 5.96 Å². The Hall–Kier alpha value is -2.41. The number of rotatable bonds is 14. The molecule has 1 atom stereocenters. The molecule has 2 heterocycles. The normalized spacial score (nSPS) is 17.7. The van der Waals surface area contributed by atoms with Crippen molar-refractivity contribution in [2.45, 2.75) is 57.5 Å². The van der Waals surface area contributed by atoms with Crippen molar-refractivity contribution in [3.8, 4) is 0 Å². The van der Waals surface area contributed by atoms with Crippen molar-refractivity contribution in [3.05, 3.63) is 0 Å². The van der Waals surface area contributed by atoms with E-state index in [1.165, 1.54) is 0 Å². The highest BCUT2D eigenvalue weighted by molar-refractivity contribution is 7.89. The Labute approximate surface area is 182 Å². The highest BCUT2D eigenvalue weighted by Crippen LogP contribution is 2.16. The summed E-state index contributed by atoms with van der Waals surface area (Å²) in [4.78, 5) is 33.7. The zero-order valence-corrected chi connectivity index (χ0v) is 18.6. The molecule has 12 nitrogen and oxygen atoms in total. The van der Waals surface area contributed by atoms with Crippen molar-refractivity contribution in [2.24, 2.45) is 10.1 Å². The highest BCUT2D eigenvalue weighted by Gasteiger charge is 2.43. The Morgan fingerprint density at radius 2 is 2.10 bits per heavy atom. The van der Waals surface area contributed by atoms with Crippen LogP contribution in [0.2, 0.25) is 0 Å². The van der Waals surface area contributed by atoms with Crippen LogP contribution in [0.1, 0.15) is 51.9 Å². The van der Waals surface area contributed by atoms with Gasteiger partial charge >= 0.3 is 5.97 Å². The van der Waals surface area contributed by atoms with Crippen LogP contribution in [0.3, 0.4) is 0 Å². The summed E-state index contributed by atoms with van der Waals surface area (Å²) in [6.07, 6.45) is 2.14. The number of nitrogens with zero attached hydrogens (tertiary/aromatic N) is 2. The van der Waals surface area contributed by atoms with E-state index in [1.54, 1.807) is 0 Å². The fraction of sp³-hybridized carbons (Fsp3) is 0.778. The van der Waals surface area contributed by atoms with Crippen molar-refractivity contribution < 1.29 is 28.0 Å². The van der Waals surface area contributed by atoms with Crippen LogP contribution in [0.4, 0.5) is 0 Å². The lowest BCUT2D eigenvalue weighted by molar-refractivity contribution is -0.148. The number of sulfonamides is 1. The summed E-state index contributed by atoms with van der Waals surface area (Å²) in [6, 6.07) is 0. The number of aliphatic imine (C=N–C) groups is 1. The third-order valence-electron chi connectivity index (χ3n) is 4.80. The zero-order chi connectivity index (χ0) is 22.7. The maximum atomic E-state index is 12.5. The number of aliphatic carboxylic acids is 1. The second-order valence-corrected chi connectivity index (χ2v) is 9.33. The van der Waals surface area contributed by atoms with E-state index in [4.69, 9.17) is 4.84 Å². The number of hydrogen-bond acceptors (Lipinski definition) is 9. The molecule has 0 saturated heterocycles. The molecule has 31 heavy (non-hydrogen) atoms. The van der Waals surface area contributed by atoms with Gasteiger partial charge in [-0.15, -0.1) is 0 Å². The summed E-state index contributed by atoms with van der Waals surface area (Å²) in [7, 11) is -3.92. The third-order valence-corrected chi connectivity index (χ3v) is 6.29. The van der Waals surface area contributed by atoms with Crippen LogP contribution >= 0.6 is 0 Å². The zero-order valence-electron chi connectivity index (χ0n) is 17.8. The van der Waals surface area contributed by atoms with E-state index in [2.05, 4.69) is 30.8 Å². The Balaban J connectivity index is 2.04. The molecule has 2 rings (SSSR count). The molecule has 0 aromatic rings. The number of hydrogen-bond donors (Lipinski definition) is 5. The van der Waals surface area contributed by atoms with Gasteiger partial charge in [-0.3, -0.25) is 9.79 Å². The molecule has 1 unspecified atom stereocenters. The van der Waals surface area contributed by atoms with Gasteiger partial charge in [0.2, 0.25) is 21.6 Å². The largest absolute Gasteiger partial charge is 0.478 e. The fourth-order valence-corrected chi connectivity index (χ4v) is 4.71. The Bertz CT molecular complexity index is 799. The number of guanidine groups is 1. The van der Waals surface area contributed by atoms with Crippen LogP contribution in [0, 0.1) is 0 Å². The molecule has 2 aliphatic rings. The summed E-state index contributed by atoms with van der Waals surface area (Å²) in [5.41, 5.74) is -1.65. The molecule has 0 aliphatic carbocycles. The molecule has 13 heteroatoms. The Morgan fingerprint density at radius 3 is 2.71 bits per heavy atom. The molecule has 0 aromatic carbocycles. The lowest BCUT2D eigenvalue weighted by atomic mass is 10.0. The first-order chi connectivity index (χ1) is 14.8. The van der Waals surface area contributed by atoms with Gasteiger partial charge < -0.3 is 25.9 Å². The average Bonchev–Trinajstić information content (AvgIpc) is 3.39. The van der Waals surface area contributed by atoms with Gasteiger partial charge in [0, 0.05) is 19.5 Å². The van der Waals surface area contributed by atoms with Gasteiger partial charge in [0.1, 0.15) is 6.61 Å². The molecule has 176 valence electrons. The maximum absolute atomic E-state index is 12.5. The summed E-state index contributed by atoms with van der Waals surface area (Å²) in [5, 5.41) is 22.2. The van der Waals surface area contributed by atoms with E-state index in [0.29, 0.717) is 63.5 Å². The number of nitrogens with one attached hydrogen (secondary N) is 4. The number of oxime groups is 1. The number of carbonyl (C=O) groups is 2. The van der Waals surface area contributed by atoms with E-state index in [0.717, 1.165) is 6.54 Å². The standard InChI is InChI=1S/C18H32N6O6S/c1-2-3-12-31(28,29)24-18(16(26)27,22-15(25)13-14-6-11-30-23-14)7-4-5-8-19-17-20-9-10-21-17/h24H,2-13H2,1H3,(H,22,25)(H,26,27)(H2,19,20,21). The van der Waals surface area contributed by atoms with E-state index in [9.17, 15) is 23.1 Å². The van der Waals surface area contributed by atoms with Gasteiger partial charge in [0.25, 0.3) is 0 Å². The number of carboxylic acid groups (broad SMARTS) is 1. The van der Waals surface area contributed by atoms with Crippen molar-refractivity contribution in [1.82, 2.24) is 20.7 Å². The predicted octanol–water partition coefficient (Wildman–Crippen LogP) is -0.511. The number of amides is 1. The molecule has 0 saturated carbocycles. The minimum Gasteiger partial charge on any atom is -0.478 e. The number of unbranched alkanes of at least 4 members (excludes halogenated alkanes) is 2. The Morgan fingerprint density at radius 1 is 1.29 bits per heavy atom. The van der Waals surface area contributed by atoms with Crippen LogP contribution in [0.5, 0.6) is 0 Å².